The van der Waals surface area contributed by atoms with Crippen LogP contribution in [0.5, 0.6) is 0 Å². The third kappa shape index (κ3) is 3.57. The van der Waals surface area contributed by atoms with Gasteiger partial charge >= 0.3 is 6.18 Å². The molecule has 0 saturated heterocycles. The second-order valence-corrected chi connectivity index (χ2v) is 5.51. The molecule has 1 amide bonds. The predicted molar refractivity (Wildman–Crippen MR) is 69.4 cm³/mol. The van der Waals surface area contributed by atoms with Crippen LogP contribution in [0.25, 0.3) is 0 Å². The van der Waals surface area contributed by atoms with E-state index < -0.39 is 29.0 Å². The van der Waals surface area contributed by atoms with Crippen LogP contribution in [0, 0.1) is 12.7 Å². The van der Waals surface area contributed by atoms with Gasteiger partial charge in [0.1, 0.15) is 5.82 Å². The fourth-order valence-electron chi connectivity index (χ4n) is 1.68. The second kappa shape index (κ2) is 5.80. The molecule has 0 fully saturated rings. The van der Waals surface area contributed by atoms with Gasteiger partial charge in [-0.25, -0.2) is 9.37 Å². The minimum Gasteiger partial charge on any atom is -0.347 e. The van der Waals surface area contributed by atoms with Gasteiger partial charge in [0.15, 0.2) is 0 Å². The number of rotatable bonds is 3. The lowest BCUT2D eigenvalue weighted by molar-refractivity contribution is -0.140. The molecule has 0 aliphatic carbocycles. The monoisotopic (exact) mass is 318 g/mol. The molecule has 0 bridgehead atoms. The summed E-state index contributed by atoms with van der Waals surface area (Å²) in [5.41, 5.74) is -2.09. The van der Waals surface area contributed by atoms with E-state index in [4.69, 9.17) is 0 Å². The van der Waals surface area contributed by atoms with Crippen molar-refractivity contribution in [3.8, 4) is 0 Å². The molecule has 1 aromatic carbocycles. The number of alkyl halides is 3. The van der Waals surface area contributed by atoms with Gasteiger partial charge in [-0.05, 0) is 19.1 Å². The number of aryl methyl sites for hydroxylation is 1. The number of carbonyl (C=O) groups is 1. The highest BCUT2D eigenvalue weighted by Crippen LogP contribution is 2.32. The fourth-order valence-corrected chi connectivity index (χ4v) is 2.41. The summed E-state index contributed by atoms with van der Waals surface area (Å²) in [5, 5.41) is 3.17. The Balaban J connectivity index is 2.16. The number of thiazole rings is 1. The second-order valence-electron chi connectivity index (χ2n) is 4.19. The Labute approximate surface area is 121 Å². The SMILES string of the molecule is Cc1ncc(CNC(=O)c2cccc(C(F)(F)F)c2F)s1. The minimum atomic E-state index is -4.84. The lowest BCUT2D eigenvalue weighted by atomic mass is 10.1. The van der Waals surface area contributed by atoms with Gasteiger partial charge in [0.25, 0.3) is 5.91 Å². The van der Waals surface area contributed by atoms with Crippen LogP contribution in [0.1, 0.15) is 25.8 Å². The van der Waals surface area contributed by atoms with Gasteiger partial charge in [-0.3, -0.25) is 4.79 Å². The molecule has 0 aliphatic rings. The van der Waals surface area contributed by atoms with E-state index in [1.807, 2.05) is 0 Å². The molecule has 2 rings (SSSR count). The molecule has 0 aliphatic heterocycles. The molecule has 0 saturated carbocycles. The zero-order chi connectivity index (χ0) is 15.6. The number of hydrogen-bond acceptors (Lipinski definition) is 3. The fraction of sp³-hybridized carbons (Fsp3) is 0.231. The normalized spacial score (nSPS) is 11.5. The molecule has 112 valence electrons. The lowest BCUT2D eigenvalue weighted by Gasteiger charge is -2.11. The van der Waals surface area contributed by atoms with Gasteiger partial charge in [0, 0.05) is 11.1 Å². The van der Waals surface area contributed by atoms with Crippen LogP contribution >= 0.6 is 11.3 Å². The lowest BCUT2D eigenvalue weighted by Crippen LogP contribution is -2.24. The summed E-state index contributed by atoms with van der Waals surface area (Å²) >= 11 is 1.34. The van der Waals surface area contributed by atoms with E-state index in [-0.39, 0.29) is 6.54 Å². The first-order valence-corrected chi connectivity index (χ1v) is 6.66. The highest BCUT2D eigenvalue weighted by molar-refractivity contribution is 7.11. The van der Waals surface area contributed by atoms with Crippen LogP contribution in [0.2, 0.25) is 0 Å². The standard InChI is InChI=1S/C13H10F4N2OS/c1-7-18-5-8(21-7)6-19-12(20)9-3-2-4-10(11(9)14)13(15,16)17/h2-5H,6H2,1H3,(H,19,20). The first kappa shape index (κ1) is 15.4. The van der Waals surface area contributed by atoms with Crippen LogP contribution in [0.4, 0.5) is 17.6 Å². The van der Waals surface area contributed by atoms with Crippen LogP contribution in [-0.4, -0.2) is 10.9 Å². The Morgan fingerprint density at radius 3 is 2.67 bits per heavy atom. The van der Waals surface area contributed by atoms with Crippen molar-refractivity contribution < 1.29 is 22.4 Å². The number of nitrogens with one attached hydrogen (secondary N) is 1. The maximum atomic E-state index is 13.8. The zero-order valence-electron chi connectivity index (χ0n) is 10.8. The summed E-state index contributed by atoms with van der Waals surface area (Å²) in [6.07, 6.45) is -3.29. The molecule has 2 aromatic rings. The first-order chi connectivity index (χ1) is 9.79. The van der Waals surface area contributed by atoms with Crippen LogP contribution in [0.3, 0.4) is 0 Å². The molecule has 0 unspecified atom stereocenters. The van der Waals surface area contributed by atoms with E-state index in [0.717, 1.165) is 22.0 Å². The van der Waals surface area contributed by atoms with Gasteiger partial charge in [0.2, 0.25) is 0 Å². The summed E-state index contributed by atoms with van der Waals surface area (Å²) < 4.78 is 51.5. The van der Waals surface area contributed by atoms with Crippen molar-refractivity contribution in [1.82, 2.24) is 10.3 Å². The summed E-state index contributed by atoms with van der Waals surface area (Å²) in [6, 6.07) is 2.61. The van der Waals surface area contributed by atoms with Crippen molar-refractivity contribution in [3.05, 3.63) is 51.2 Å². The van der Waals surface area contributed by atoms with E-state index in [1.54, 1.807) is 13.1 Å². The molecular formula is C13H10F4N2OS. The highest BCUT2D eigenvalue weighted by atomic mass is 32.1. The average Bonchev–Trinajstić information content (AvgIpc) is 2.80. The Morgan fingerprint density at radius 1 is 1.38 bits per heavy atom. The molecule has 1 N–H and O–H groups in total. The van der Waals surface area contributed by atoms with E-state index in [1.165, 1.54) is 11.3 Å². The largest absolute Gasteiger partial charge is 0.419 e. The van der Waals surface area contributed by atoms with Crippen LogP contribution in [0.15, 0.2) is 24.4 Å². The third-order valence-electron chi connectivity index (χ3n) is 2.64. The Kier molecular flexibility index (Phi) is 4.26. The van der Waals surface area contributed by atoms with Crippen molar-refractivity contribution in [2.45, 2.75) is 19.6 Å². The predicted octanol–water partition coefficient (Wildman–Crippen LogP) is 3.54. The van der Waals surface area contributed by atoms with Crippen molar-refractivity contribution in [2.75, 3.05) is 0 Å². The van der Waals surface area contributed by atoms with Gasteiger partial charge in [0.05, 0.1) is 22.7 Å². The maximum Gasteiger partial charge on any atom is 0.419 e. The van der Waals surface area contributed by atoms with Crippen molar-refractivity contribution in [2.24, 2.45) is 0 Å². The number of benzene rings is 1. The number of nitrogens with zero attached hydrogens (tertiary/aromatic N) is 1. The highest BCUT2D eigenvalue weighted by Gasteiger charge is 2.35. The maximum absolute atomic E-state index is 13.8. The molecule has 21 heavy (non-hydrogen) atoms. The molecule has 0 spiro atoms. The Bertz CT molecular complexity index is 666. The number of amides is 1. The van der Waals surface area contributed by atoms with E-state index in [2.05, 4.69) is 10.3 Å². The quantitative estimate of drug-likeness (QED) is 0.880. The molecule has 8 heteroatoms. The number of halogens is 4. The molecule has 3 nitrogen and oxygen atoms in total. The molecule has 1 aromatic heterocycles. The zero-order valence-corrected chi connectivity index (χ0v) is 11.6. The topological polar surface area (TPSA) is 42.0 Å². The smallest absolute Gasteiger partial charge is 0.347 e. The summed E-state index contributed by atoms with van der Waals surface area (Å²) in [6.45, 7) is 1.86. The van der Waals surface area contributed by atoms with Crippen molar-refractivity contribution in [1.29, 1.82) is 0 Å². The number of carbonyl (C=O) groups excluding carboxylic acids is 1. The Morgan fingerprint density at radius 2 is 2.10 bits per heavy atom. The Hall–Kier alpha value is -1.96. The number of hydrogen-bond donors (Lipinski definition) is 1. The summed E-state index contributed by atoms with van der Waals surface area (Å²) in [4.78, 5) is 16.5. The molecule has 0 atom stereocenters. The van der Waals surface area contributed by atoms with Crippen LogP contribution in [-0.2, 0) is 12.7 Å². The van der Waals surface area contributed by atoms with Crippen molar-refractivity contribution in [3.63, 3.8) is 0 Å². The molecule has 1 heterocycles. The van der Waals surface area contributed by atoms with Gasteiger partial charge in [-0.1, -0.05) is 6.07 Å². The van der Waals surface area contributed by atoms with Gasteiger partial charge < -0.3 is 5.32 Å². The molecule has 0 radical (unpaired) electrons. The van der Waals surface area contributed by atoms with Gasteiger partial charge in [-0.2, -0.15) is 13.2 Å². The third-order valence-corrected chi connectivity index (χ3v) is 3.55. The average molecular weight is 318 g/mol. The minimum absolute atomic E-state index is 0.0834. The number of aromatic nitrogens is 1. The summed E-state index contributed by atoms with van der Waals surface area (Å²) in [7, 11) is 0. The molecular weight excluding hydrogens is 308 g/mol. The van der Waals surface area contributed by atoms with E-state index in [0.29, 0.717) is 6.07 Å². The van der Waals surface area contributed by atoms with Crippen LogP contribution < -0.4 is 5.32 Å². The summed E-state index contributed by atoms with van der Waals surface area (Å²) in [5.74, 6) is -2.47. The van der Waals surface area contributed by atoms with E-state index >= 15 is 0 Å². The first-order valence-electron chi connectivity index (χ1n) is 5.84. The van der Waals surface area contributed by atoms with Crippen molar-refractivity contribution >= 4 is 17.2 Å². The van der Waals surface area contributed by atoms with E-state index in [9.17, 15) is 22.4 Å². The van der Waals surface area contributed by atoms with Gasteiger partial charge in [-0.15, -0.1) is 11.3 Å².